The van der Waals surface area contributed by atoms with Gasteiger partial charge in [-0.2, -0.15) is 18.3 Å². The van der Waals surface area contributed by atoms with Crippen LogP contribution in [0.5, 0.6) is 0 Å². The second-order valence-corrected chi connectivity index (χ2v) is 9.36. The minimum absolute atomic E-state index is 0.0764. The fraction of sp³-hybridized carbons (Fsp3) is 0.346. The molecule has 3 rings (SSSR count). The number of alkyl halides is 3. The van der Waals surface area contributed by atoms with Crippen molar-refractivity contribution in [2.24, 2.45) is 0 Å². The molecular weight excluding hydrogens is 457 g/mol. The molecule has 0 saturated carbocycles. The average Bonchev–Trinajstić information content (AvgIpc) is 3.21. The summed E-state index contributed by atoms with van der Waals surface area (Å²) in [7, 11) is 0. The van der Waals surface area contributed by atoms with E-state index >= 15 is 0 Å². The second kappa shape index (κ2) is 9.93. The summed E-state index contributed by atoms with van der Waals surface area (Å²) in [5.74, 6) is -0.510. The summed E-state index contributed by atoms with van der Waals surface area (Å²) >= 11 is 0. The van der Waals surface area contributed by atoms with E-state index in [2.05, 4.69) is 10.4 Å². The van der Waals surface area contributed by atoms with Crippen molar-refractivity contribution in [3.63, 3.8) is 0 Å². The zero-order chi connectivity index (χ0) is 26.0. The number of aromatic nitrogens is 2. The average molecular weight is 487 g/mol. The van der Waals surface area contributed by atoms with Crippen LogP contribution in [0.1, 0.15) is 54.9 Å². The molecular formula is C26H29F3N4O2. The summed E-state index contributed by atoms with van der Waals surface area (Å²) in [6.45, 7) is 9.65. The van der Waals surface area contributed by atoms with Gasteiger partial charge in [0.1, 0.15) is 12.4 Å². The van der Waals surface area contributed by atoms with Gasteiger partial charge in [-0.3, -0.25) is 9.59 Å². The zero-order valence-corrected chi connectivity index (χ0v) is 20.4. The Morgan fingerprint density at radius 1 is 1.03 bits per heavy atom. The van der Waals surface area contributed by atoms with Crippen molar-refractivity contribution in [2.45, 2.75) is 46.2 Å². The summed E-state index contributed by atoms with van der Waals surface area (Å²) in [6.07, 6.45) is -4.49. The monoisotopic (exact) mass is 486 g/mol. The van der Waals surface area contributed by atoms with Gasteiger partial charge in [0.05, 0.1) is 16.9 Å². The third kappa shape index (κ3) is 6.29. The molecule has 1 aromatic heterocycles. The Hall–Kier alpha value is -3.62. The van der Waals surface area contributed by atoms with Crippen molar-refractivity contribution in [3.05, 3.63) is 77.0 Å². The molecule has 2 aromatic carbocycles. The Morgan fingerprint density at radius 2 is 1.69 bits per heavy atom. The van der Waals surface area contributed by atoms with E-state index in [4.69, 9.17) is 0 Å². The first kappa shape index (κ1) is 26.0. The molecule has 6 nitrogen and oxygen atoms in total. The summed E-state index contributed by atoms with van der Waals surface area (Å²) in [5, 5.41) is 7.53. The van der Waals surface area contributed by atoms with Crippen LogP contribution in [0, 0.1) is 6.92 Å². The van der Waals surface area contributed by atoms with Crippen molar-refractivity contribution >= 4 is 17.6 Å². The Labute approximate surface area is 202 Å². The van der Waals surface area contributed by atoms with Crippen LogP contribution in [0.4, 0.5) is 19.0 Å². The molecule has 0 radical (unpaired) electrons. The highest BCUT2D eigenvalue weighted by molar-refractivity contribution is 5.99. The maximum atomic E-state index is 12.9. The number of amides is 2. The van der Waals surface area contributed by atoms with Gasteiger partial charge in [0.2, 0.25) is 5.91 Å². The van der Waals surface area contributed by atoms with Crippen LogP contribution in [0.25, 0.3) is 5.69 Å². The number of carbonyl (C=O) groups excluding carboxylic acids is 2. The Morgan fingerprint density at radius 3 is 2.23 bits per heavy atom. The lowest BCUT2D eigenvalue weighted by Gasteiger charge is -2.21. The SMILES string of the molecule is CCN(CC(=O)Nc1cc(C(C)(C)C)nn1-c1cccc(C)c1)C(=O)c1ccc(C(F)(F)F)cc1. The molecule has 0 fully saturated rings. The number of likely N-dealkylation sites (N-methyl/N-ethyl adjacent to an activating group) is 1. The van der Waals surface area contributed by atoms with Crippen LogP contribution in [-0.4, -0.2) is 39.6 Å². The molecule has 2 amide bonds. The van der Waals surface area contributed by atoms with E-state index in [0.717, 1.165) is 41.2 Å². The van der Waals surface area contributed by atoms with E-state index in [1.54, 1.807) is 17.7 Å². The molecule has 1 heterocycles. The highest BCUT2D eigenvalue weighted by Crippen LogP contribution is 2.29. The van der Waals surface area contributed by atoms with Crippen LogP contribution in [0.15, 0.2) is 54.6 Å². The molecule has 35 heavy (non-hydrogen) atoms. The van der Waals surface area contributed by atoms with E-state index in [0.29, 0.717) is 5.82 Å². The second-order valence-electron chi connectivity index (χ2n) is 9.36. The number of aryl methyl sites for hydroxylation is 1. The normalized spacial score (nSPS) is 11.9. The van der Waals surface area contributed by atoms with Crippen molar-refractivity contribution in [1.82, 2.24) is 14.7 Å². The summed E-state index contributed by atoms with van der Waals surface area (Å²) < 4.78 is 40.1. The first-order chi connectivity index (χ1) is 16.3. The van der Waals surface area contributed by atoms with Gasteiger partial charge in [0, 0.05) is 23.6 Å². The number of rotatable bonds is 6. The van der Waals surface area contributed by atoms with Gasteiger partial charge in [-0.1, -0.05) is 32.9 Å². The lowest BCUT2D eigenvalue weighted by molar-refractivity contribution is -0.137. The number of carbonyl (C=O) groups is 2. The molecule has 0 aliphatic rings. The molecule has 0 saturated heterocycles. The Balaban J connectivity index is 1.81. The molecule has 9 heteroatoms. The molecule has 186 valence electrons. The van der Waals surface area contributed by atoms with Crippen LogP contribution in [-0.2, 0) is 16.4 Å². The largest absolute Gasteiger partial charge is 0.416 e. The fourth-order valence-corrected chi connectivity index (χ4v) is 3.46. The Bertz CT molecular complexity index is 1210. The predicted octanol–water partition coefficient (Wildman–Crippen LogP) is 5.60. The van der Waals surface area contributed by atoms with E-state index < -0.39 is 23.6 Å². The molecule has 0 unspecified atom stereocenters. The lowest BCUT2D eigenvalue weighted by atomic mass is 9.92. The number of benzene rings is 2. The first-order valence-corrected chi connectivity index (χ1v) is 11.2. The summed E-state index contributed by atoms with van der Waals surface area (Å²) in [6, 6.07) is 13.4. The third-order valence-corrected chi connectivity index (χ3v) is 5.45. The fourth-order valence-electron chi connectivity index (χ4n) is 3.46. The van der Waals surface area contributed by atoms with Crippen molar-refractivity contribution in [2.75, 3.05) is 18.4 Å². The molecule has 0 aliphatic carbocycles. The Kier molecular flexibility index (Phi) is 7.38. The van der Waals surface area contributed by atoms with E-state index in [-0.39, 0.29) is 24.1 Å². The number of anilines is 1. The number of hydrogen-bond donors (Lipinski definition) is 1. The van der Waals surface area contributed by atoms with Crippen LogP contribution < -0.4 is 5.32 Å². The maximum Gasteiger partial charge on any atom is 0.416 e. The zero-order valence-electron chi connectivity index (χ0n) is 20.4. The van der Waals surface area contributed by atoms with Gasteiger partial charge in [-0.25, -0.2) is 4.68 Å². The van der Waals surface area contributed by atoms with Crippen LogP contribution in [0.3, 0.4) is 0 Å². The van der Waals surface area contributed by atoms with Gasteiger partial charge in [-0.05, 0) is 55.8 Å². The summed E-state index contributed by atoms with van der Waals surface area (Å²) in [5.41, 5.74) is 1.57. The molecule has 0 spiro atoms. The number of hydrogen-bond acceptors (Lipinski definition) is 3. The van der Waals surface area contributed by atoms with E-state index in [1.165, 1.54) is 4.90 Å². The lowest BCUT2D eigenvalue weighted by Crippen LogP contribution is -2.38. The number of halogens is 3. The number of nitrogens with zero attached hydrogens (tertiary/aromatic N) is 3. The summed E-state index contributed by atoms with van der Waals surface area (Å²) in [4.78, 5) is 27.0. The quantitative estimate of drug-likeness (QED) is 0.493. The highest BCUT2D eigenvalue weighted by Gasteiger charge is 2.30. The topological polar surface area (TPSA) is 67.2 Å². The highest BCUT2D eigenvalue weighted by atomic mass is 19.4. The minimum atomic E-state index is -4.49. The molecule has 0 atom stereocenters. The van der Waals surface area contributed by atoms with Crippen LogP contribution in [0.2, 0.25) is 0 Å². The first-order valence-electron chi connectivity index (χ1n) is 11.2. The van der Waals surface area contributed by atoms with Crippen molar-refractivity contribution in [3.8, 4) is 5.69 Å². The van der Waals surface area contributed by atoms with E-state index in [1.807, 2.05) is 52.0 Å². The van der Waals surface area contributed by atoms with Crippen molar-refractivity contribution in [1.29, 1.82) is 0 Å². The number of nitrogens with one attached hydrogen (secondary N) is 1. The van der Waals surface area contributed by atoms with Crippen molar-refractivity contribution < 1.29 is 22.8 Å². The van der Waals surface area contributed by atoms with Gasteiger partial charge in [0.25, 0.3) is 5.91 Å². The van der Waals surface area contributed by atoms with Crippen LogP contribution >= 0.6 is 0 Å². The van der Waals surface area contributed by atoms with Gasteiger partial charge >= 0.3 is 6.18 Å². The van der Waals surface area contributed by atoms with E-state index in [9.17, 15) is 22.8 Å². The molecule has 0 bridgehead atoms. The van der Waals surface area contributed by atoms with Gasteiger partial charge < -0.3 is 10.2 Å². The maximum absolute atomic E-state index is 12.9. The third-order valence-electron chi connectivity index (χ3n) is 5.45. The smallest absolute Gasteiger partial charge is 0.330 e. The minimum Gasteiger partial charge on any atom is -0.330 e. The van der Waals surface area contributed by atoms with Gasteiger partial charge in [0.15, 0.2) is 0 Å². The standard InChI is InChI=1S/C26H29F3N4O2/c1-6-32(24(35)18-10-12-19(13-11-18)26(27,28)29)16-23(34)30-22-15-21(25(3,4)5)31-33(22)20-9-7-8-17(2)14-20/h7-15H,6,16H2,1-5H3,(H,30,34). The predicted molar refractivity (Wildman–Crippen MR) is 129 cm³/mol. The van der Waals surface area contributed by atoms with Gasteiger partial charge in [-0.15, -0.1) is 0 Å². The molecule has 1 N–H and O–H groups in total. The molecule has 0 aliphatic heterocycles. The molecule has 3 aromatic rings.